The molecule has 3 rings (SSSR count). The van der Waals surface area contributed by atoms with Gasteiger partial charge in [-0.15, -0.1) is 0 Å². The lowest BCUT2D eigenvalue weighted by Gasteiger charge is -2.31. The van der Waals surface area contributed by atoms with Crippen LogP contribution in [0, 0.1) is 5.92 Å². The number of piperidine rings is 1. The van der Waals surface area contributed by atoms with E-state index in [0.717, 1.165) is 6.42 Å². The van der Waals surface area contributed by atoms with Crippen molar-refractivity contribution in [3.63, 3.8) is 0 Å². The Morgan fingerprint density at radius 1 is 1.06 bits per heavy atom. The Hall–Kier alpha value is -2.87. The van der Waals surface area contributed by atoms with Crippen molar-refractivity contribution in [3.05, 3.63) is 60.2 Å². The summed E-state index contributed by atoms with van der Waals surface area (Å²) in [5.74, 6) is -0.809. The number of anilines is 1. The van der Waals surface area contributed by atoms with Gasteiger partial charge in [0.25, 0.3) is 15.9 Å². The number of carbonyl (C=O) groups excluding carboxylic acids is 2. The third kappa shape index (κ3) is 5.07. The number of rotatable bonds is 7. The van der Waals surface area contributed by atoms with Gasteiger partial charge in [0.2, 0.25) is 0 Å². The summed E-state index contributed by atoms with van der Waals surface area (Å²) in [5.41, 5.74) is 0.981. The van der Waals surface area contributed by atoms with E-state index in [-0.39, 0.29) is 29.2 Å². The molecule has 0 spiro atoms. The molecule has 0 aromatic heterocycles. The Labute approximate surface area is 183 Å². The fraction of sp³-hybridized carbons (Fsp3) is 0.391. The molecule has 31 heavy (non-hydrogen) atoms. The second kappa shape index (κ2) is 9.96. The molecule has 1 saturated heterocycles. The zero-order valence-corrected chi connectivity index (χ0v) is 18.7. The van der Waals surface area contributed by atoms with Crippen molar-refractivity contribution in [1.29, 1.82) is 0 Å². The topological polar surface area (TPSA) is 84.0 Å². The number of para-hydroxylation sites is 1. The van der Waals surface area contributed by atoms with Crippen molar-refractivity contribution in [2.75, 3.05) is 30.5 Å². The number of sulfonamides is 1. The van der Waals surface area contributed by atoms with Gasteiger partial charge >= 0.3 is 5.97 Å². The second-order valence-corrected chi connectivity index (χ2v) is 9.23. The molecule has 0 unspecified atom stereocenters. The van der Waals surface area contributed by atoms with Crippen molar-refractivity contribution >= 4 is 27.6 Å². The van der Waals surface area contributed by atoms with Crippen LogP contribution in [0.5, 0.6) is 0 Å². The number of hydrogen-bond acceptors (Lipinski definition) is 5. The molecule has 0 aliphatic carbocycles. The van der Waals surface area contributed by atoms with Crippen molar-refractivity contribution in [2.45, 2.75) is 31.6 Å². The van der Waals surface area contributed by atoms with E-state index in [4.69, 9.17) is 4.74 Å². The predicted molar refractivity (Wildman–Crippen MR) is 118 cm³/mol. The van der Waals surface area contributed by atoms with E-state index in [1.807, 2.05) is 6.07 Å². The number of hydrogen-bond donors (Lipinski definition) is 0. The van der Waals surface area contributed by atoms with Crippen LogP contribution in [0.25, 0.3) is 0 Å². The standard InChI is InChI=1S/C23H28N2O5S/c1-3-25(20-10-6-5-7-11-20)31(28,29)21-14-12-18(13-15-21)22(26)24-16-8-9-19(17-24)23(27)30-4-2/h5-7,10-15,19H,3-4,8-9,16-17H2,1-2H3/t19-/m1/s1. The SMILES string of the molecule is CCOC(=O)[C@@H]1CCCN(C(=O)c2ccc(S(=O)(=O)N(CC)c3ccccc3)cc2)C1. The average Bonchev–Trinajstić information content (AvgIpc) is 2.80. The first-order valence-electron chi connectivity index (χ1n) is 10.5. The van der Waals surface area contributed by atoms with Crippen molar-refractivity contribution in [1.82, 2.24) is 4.90 Å². The smallest absolute Gasteiger partial charge is 0.310 e. The van der Waals surface area contributed by atoms with E-state index in [9.17, 15) is 18.0 Å². The molecule has 7 nitrogen and oxygen atoms in total. The predicted octanol–water partition coefficient (Wildman–Crippen LogP) is 3.32. The number of esters is 1. The third-order valence-corrected chi connectivity index (χ3v) is 7.27. The lowest BCUT2D eigenvalue weighted by molar-refractivity contribution is -0.149. The van der Waals surface area contributed by atoms with E-state index in [1.54, 1.807) is 43.0 Å². The molecule has 0 N–H and O–H groups in total. The van der Waals surface area contributed by atoms with Gasteiger partial charge in [0, 0.05) is 25.2 Å². The Morgan fingerprint density at radius 2 is 1.74 bits per heavy atom. The molecule has 1 heterocycles. The Morgan fingerprint density at radius 3 is 2.35 bits per heavy atom. The van der Waals surface area contributed by atoms with Gasteiger partial charge in [0.1, 0.15) is 0 Å². The molecule has 2 aromatic rings. The third-order valence-electron chi connectivity index (χ3n) is 5.35. The van der Waals surface area contributed by atoms with Crippen LogP contribution in [0.3, 0.4) is 0 Å². The van der Waals surface area contributed by atoms with Crippen molar-refractivity contribution in [3.8, 4) is 0 Å². The fourth-order valence-electron chi connectivity index (χ4n) is 3.78. The summed E-state index contributed by atoms with van der Waals surface area (Å²) in [6, 6.07) is 14.9. The van der Waals surface area contributed by atoms with Gasteiger partial charge in [-0.3, -0.25) is 13.9 Å². The van der Waals surface area contributed by atoms with E-state index in [1.165, 1.54) is 28.6 Å². The molecule has 0 radical (unpaired) electrons. The monoisotopic (exact) mass is 444 g/mol. The van der Waals surface area contributed by atoms with E-state index in [2.05, 4.69) is 0 Å². The maximum absolute atomic E-state index is 13.1. The summed E-state index contributed by atoms with van der Waals surface area (Å²) < 4.78 is 32.6. The van der Waals surface area contributed by atoms with Crippen molar-refractivity contribution < 1.29 is 22.7 Å². The van der Waals surface area contributed by atoms with Gasteiger partial charge in [-0.05, 0) is 63.1 Å². The van der Waals surface area contributed by atoms with Crippen LogP contribution < -0.4 is 4.31 Å². The Bertz CT molecular complexity index is 1010. The molecule has 8 heteroatoms. The number of carbonyl (C=O) groups is 2. The van der Waals surface area contributed by atoms with Gasteiger partial charge in [-0.1, -0.05) is 18.2 Å². The number of benzene rings is 2. The highest BCUT2D eigenvalue weighted by molar-refractivity contribution is 7.92. The summed E-state index contributed by atoms with van der Waals surface area (Å²) in [5, 5.41) is 0. The molecule has 1 amide bonds. The maximum Gasteiger partial charge on any atom is 0.310 e. The Kier molecular flexibility index (Phi) is 7.33. The minimum absolute atomic E-state index is 0.123. The maximum atomic E-state index is 13.1. The van der Waals surface area contributed by atoms with Crippen LogP contribution in [-0.4, -0.2) is 51.4 Å². The molecule has 0 saturated carbocycles. The first-order chi connectivity index (χ1) is 14.9. The zero-order chi connectivity index (χ0) is 22.4. The number of likely N-dealkylation sites (tertiary alicyclic amines) is 1. The minimum Gasteiger partial charge on any atom is -0.466 e. The van der Waals surface area contributed by atoms with Gasteiger partial charge < -0.3 is 9.64 Å². The molecule has 2 aromatic carbocycles. The van der Waals surface area contributed by atoms with Gasteiger partial charge in [-0.25, -0.2) is 8.42 Å². The number of nitrogens with zero attached hydrogens (tertiary/aromatic N) is 2. The van der Waals surface area contributed by atoms with Gasteiger partial charge in [0.15, 0.2) is 0 Å². The zero-order valence-electron chi connectivity index (χ0n) is 17.9. The average molecular weight is 445 g/mol. The molecular weight excluding hydrogens is 416 g/mol. The molecule has 1 aliphatic heterocycles. The molecule has 166 valence electrons. The summed E-state index contributed by atoms with van der Waals surface area (Å²) in [7, 11) is -3.75. The van der Waals surface area contributed by atoms with Crippen LogP contribution in [0.4, 0.5) is 5.69 Å². The molecule has 1 aliphatic rings. The largest absolute Gasteiger partial charge is 0.466 e. The first kappa shape index (κ1) is 22.8. The Balaban J connectivity index is 1.76. The molecule has 1 fully saturated rings. The van der Waals surface area contributed by atoms with Crippen molar-refractivity contribution in [2.24, 2.45) is 5.92 Å². The first-order valence-corrected chi connectivity index (χ1v) is 12.0. The number of amides is 1. The highest BCUT2D eigenvalue weighted by Gasteiger charge is 2.30. The van der Waals surface area contributed by atoms with Crippen LogP contribution in [-0.2, 0) is 19.6 Å². The van der Waals surface area contributed by atoms with Crippen LogP contribution >= 0.6 is 0 Å². The van der Waals surface area contributed by atoms with Crippen LogP contribution in [0.2, 0.25) is 0 Å². The summed E-state index contributed by atoms with van der Waals surface area (Å²) in [6.07, 6.45) is 1.43. The molecule has 0 bridgehead atoms. The van der Waals surface area contributed by atoms with Crippen LogP contribution in [0.15, 0.2) is 59.5 Å². The number of ether oxygens (including phenoxy) is 1. The second-order valence-electron chi connectivity index (χ2n) is 7.37. The highest BCUT2D eigenvalue weighted by atomic mass is 32.2. The fourth-order valence-corrected chi connectivity index (χ4v) is 5.25. The normalized spacial score (nSPS) is 16.6. The van der Waals surface area contributed by atoms with E-state index < -0.39 is 10.0 Å². The minimum atomic E-state index is -3.75. The van der Waals surface area contributed by atoms with Gasteiger partial charge in [-0.2, -0.15) is 0 Å². The van der Waals surface area contributed by atoms with Crippen LogP contribution in [0.1, 0.15) is 37.0 Å². The quantitative estimate of drug-likeness (QED) is 0.612. The molecule has 1 atom stereocenters. The van der Waals surface area contributed by atoms with Gasteiger partial charge in [0.05, 0.1) is 23.1 Å². The lowest BCUT2D eigenvalue weighted by Crippen LogP contribution is -2.42. The molecular formula is C23H28N2O5S. The summed E-state index contributed by atoms with van der Waals surface area (Å²) >= 11 is 0. The summed E-state index contributed by atoms with van der Waals surface area (Å²) in [4.78, 5) is 26.7. The lowest BCUT2D eigenvalue weighted by atomic mass is 9.97. The van der Waals surface area contributed by atoms with E-state index >= 15 is 0 Å². The summed E-state index contributed by atoms with van der Waals surface area (Å²) in [6.45, 7) is 5.02. The van der Waals surface area contributed by atoms with E-state index in [0.29, 0.717) is 37.4 Å². The highest BCUT2D eigenvalue weighted by Crippen LogP contribution is 2.24.